The Kier molecular flexibility index (Phi) is 8.95. The molecule has 0 radical (unpaired) electrons. The molecule has 9 nitrogen and oxygen atoms in total. The summed E-state index contributed by atoms with van der Waals surface area (Å²) >= 11 is 0. The molecule has 0 atom stereocenters. The summed E-state index contributed by atoms with van der Waals surface area (Å²) in [5.74, 6) is -1.31. The van der Waals surface area contributed by atoms with Gasteiger partial charge in [0.25, 0.3) is 0 Å². The lowest BCUT2D eigenvalue weighted by atomic mass is 9.98. The van der Waals surface area contributed by atoms with Crippen LogP contribution in [0.1, 0.15) is 50.1 Å². The van der Waals surface area contributed by atoms with Crippen LogP contribution in [0.2, 0.25) is 0 Å². The number of aromatic nitrogens is 1. The van der Waals surface area contributed by atoms with Gasteiger partial charge >= 0.3 is 6.09 Å². The van der Waals surface area contributed by atoms with Crippen LogP contribution in [-0.4, -0.2) is 53.4 Å². The number of allylic oxidation sites excluding steroid dienone is 2. The Labute approximate surface area is 226 Å². The van der Waals surface area contributed by atoms with Crippen LogP contribution in [-0.2, 0) is 17.7 Å². The fourth-order valence-electron chi connectivity index (χ4n) is 3.92. The van der Waals surface area contributed by atoms with Crippen molar-refractivity contribution >= 4 is 41.6 Å². The molecule has 3 rings (SSSR count). The van der Waals surface area contributed by atoms with E-state index in [4.69, 9.17) is 15.9 Å². The summed E-state index contributed by atoms with van der Waals surface area (Å²) in [6.45, 7) is 11.6. The van der Waals surface area contributed by atoms with E-state index in [0.717, 1.165) is 29.9 Å². The summed E-state index contributed by atoms with van der Waals surface area (Å²) in [7, 11) is 1.52. The lowest BCUT2D eigenvalue weighted by Gasteiger charge is -2.30. The maximum atomic E-state index is 15.3. The molecule has 11 heteroatoms. The van der Waals surface area contributed by atoms with Crippen LogP contribution in [0.3, 0.4) is 0 Å². The number of hydrogen-bond donors (Lipinski definition) is 3. The number of halogens is 2. The molecule has 2 heterocycles. The molecule has 1 amide bonds. The first-order valence-electron chi connectivity index (χ1n) is 12.3. The van der Waals surface area contributed by atoms with E-state index in [2.05, 4.69) is 26.9 Å². The van der Waals surface area contributed by atoms with Gasteiger partial charge in [-0.1, -0.05) is 12.6 Å². The Morgan fingerprint density at radius 1 is 1.33 bits per heavy atom. The van der Waals surface area contributed by atoms with Gasteiger partial charge in [-0.3, -0.25) is 5.41 Å². The van der Waals surface area contributed by atoms with Gasteiger partial charge in [0.2, 0.25) is 0 Å². The van der Waals surface area contributed by atoms with Gasteiger partial charge in [-0.05, 0) is 57.0 Å². The zero-order valence-electron chi connectivity index (χ0n) is 22.7. The van der Waals surface area contributed by atoms with Gasteiger partial charge in [-0.25, -0.2) is 28.5 Å². The lowest BCUT2D eigenvalue weighted by molar-refractivity contribution is 0.0223. The Hall–Kier alpha value is -4.41. The summed E-state index contributed by atoms with van der Waals surface area (Å²) in [6, 6.07) is 5.94. The van der Waals surface area contributed by atoms with E-state index in [1.807, 2.05) is 20.8 Å². The van der Waals surface area contributed by atoms with Crippen LogP contribution in [0.4, 0.5) is 25.1 Å². The fourth-order valence-corrected chi connectivity index (χ4v) is 3.92. The zero-order valence-corrected chi connectivity index (χ0v) is 22.7. The average molecular weight is 538 g/mol. The van der Waals surface area contributed by atoms with Crippen LogP contribution >= 0.6 is 0 Å². The standard InChI is InChI=1S/C28H33F2N7O2/c1-16(2)24(32)19-11-18(12-20(29)26(19)33-6)25(35-15-31)21(30)13-34-23-8-7-17-14-37(10-9-22(17)36-23)27(38)39-28(3,4)5/h7-8,11-13,15,32-33H,1,9-10,14H2,2-6H3,(H2,31,35)/b25-21+,32-24?,34-13?. The number of benzene rings is 1. The molecular formula is C28H33F2N7O2. The van der Waals surface area contributed by atoms with Crippen molar-refractivity contribution in [2.45, 2.75) is 46.3 Å². The minimum atomic E-state index is -0.878. The smallest absolute Gasteiger partial charge is 0.410 e. The molecule has 1 aromatic heterocycles. The number of amides is 1. The van der Waals surface area contributed by atoms with E-state index in [0.29, 0.717) is 25.1 Å². The molecule has 0 aliphatic carbocycles. The maximum Gasteiger partial charge on any atom is 0.410 e. The van der Waals surface area contributed by atoms with E-state index in [9.17, 15) is 9.18 Å². The van der Waals surface area contributed by atoms with E-state index in [1.165, 1.54) is 13.1 Å². The number of nitrogens with zero attached hydrogens (tertiary/aromatic N) is 4. The number of ether oxygens (including phenoxy) is 1. The first-order chi connectivity index (χ1) is 18.3. The summed E-state index contributed by atoms with van der Waals surface area (Å²) in [5, 5.41) is 11.0. The molecule has 1 aliphatic rings. The van der Waals surface area contributed by atoms with Crippen molar-refractivity contribution in [1.29, 1.82) is 5.41 Å². The number of pyridine rings is 1. The molecule has 0 saturated carbocycles. The Balaban J connectivity index is 1.90. The number of hydrogen-bond acceptors (Lipinski definition) is 7. The highest BCUT2D eigenvalue weighted by atomic mass is 19.1. The van der Waals surface area contributed by atoms with Crippen molar-refractivity contribution < 1.29 is 18.3 Å². The third kappa shape index (κ3) is 7.13. The van der Waals surface area contributed by atoms with Crippen molar-refractivity contribution in [2.75, 3.05) is 18.9 Å². The molecular weight excluding hydrogens is 504 g/mol. The number of rotatable bonds is 7. The van der Waals surface area contributed by atoms with Crippen LogP contribution in [0.5, 0.6) is 0 Å². The molecule has 1 aliphatic heterocycles. The number of carbonyl (C=O) groups excluding carboxylic acids is 1. The predicted octanol–water partition coefficient (Wildman–Crippen LogP) is 5.53. The zero-order chi connectivity index (χ0) is 28.9. The second kappa shape index (κ2) is 12.0. The highest BCUT2D eigenvalue weighted by molar-refractivity contribution is 6.13. The van der Waals surface area contributed by atoms with E-state index in [1.54, 1.807) is 24.0 Å². The minimum Gasteiger partial charge on any atom is -0.444 e. The third-order valence-corrected chi connectivity index (χ3v) is 5.73. The van der Waals surface area contributed by atoms with Gasteiger partial charge in [0.05, 0.1) is 30.5 Å². The topological polar surface area (TPSA) is 129 Å². The van der Waals surface area contributed by atoms with Gasteiger partial charge in [0.15, 0.2) is 11.6 Å². The molecule has 4 N–H and O–H groups in total. The van der Waals surface area contributed by atoms with E-state index < -0.39 is 23.3 Å². The van der Waals surface area contributed by atoms with Gasteiger partial charge in [-0.2, -0.15) is 0 Å². The van der Waals surface area contributed by atoms with Crippen LogP contribution in [0.15, 0.2) is 52.2 Å². The monoisotopic (exact) mass is 537 g/mol. The SMILES string of the molecule is C=C(C)C(=N)c1cc(/C(N=CN)=C(\F)C=Nc2ccc3c(n2)CCN(C(=O)OC(C)(C)C)C3)cc(F)c1NC. The maximum absolute atomic E-state index is 15.3. The molecule has 2 aromatic rings. The Morgan fingerprint density at radius 2 is 2.05 bits per heavy atom. The van der Waals surface area contributed by atoms with Crippen molar-refractivity contribution in [3.63, 3.8) is 0 Å². The van der Waals surface area contributed by atoms with Gasteiger partial charge in [-0.15, -0.1) is 0 Å². The number of nitrogens with one attached hydrogen (secondary N) is 2. The van der Waals surface area contributed by atoms with Gasteiger partial charge in [0, 0.05) is 36.8 Å². The van der Waals surface area contributed by atoms with Gasteiger partial charge in [0.1, 0.15) is 17.1 Å². The number of nitrogens with two attached hydrogens (primary N) is 1. The van der Waals surface area contributed by atoms with E-state index in [-0.39, 0.29) is 34.0 Å². The summed E-state index contributed by atoms with van der Waals surface area (Å²) in [6.07, 6.45) is 1.93. The molecule has 0 bridgehead atoms. The van der Waals surface area contributed by atoms with Crippen LogP contribution in [0, 0.1) is 11.2 Å². The van der Waals surface area contributed by atoms with Gasteiger partial charge < -0.3 is 20.7 Å². The van der Waals surface area contributed by atoms with Crippen molar-refractivity contribution in [3.8, 4) is 0 Å². The third-order valence-electron chi connectivity index (χ3n) is 5.73. The highest BCUT2D eigenvalue weighted by Crippen LogP contribution is 2.30. The lowest BCUT2D eigenvalue weighted by Crippen LogP contribution is -2.40. The average Bonchev–Trinajstić information content (AvgIpc) is 2.87. The van der Waals surface area contributed by atoms with Crippen molar-refractivity contribution in [3.05, 3.63) is 70.4 Å². The second-order valence-corrected chi connectivity index (χ2v) is 9.95. The number of carbonyl (C=O) groups is 1. The fraction of sp³-hybridized carbons (Fsp3) is 0.321. The molecule has 39 heavy (non-hydrogen) atoms. The second-order valence-electron chi connectivity index (χ2n) is 9.95. The Morgan fingerprint density at radius 3 is 2.67 bits per heavy atom. The highest BCUT2D eigenvalue weighted by Gasteiger charge is 2.26. The number of fused-ring (bicyclic) bond motifs is 1. The number of aliphatic imine (C=N–C) groups is 2. The predicted molar refractivity (Wildman–Crippen MR) is 151 cm³/mol. The first kappa shape index (κ1) is 29.2. The largest absolute Gasteiger partial charge is 0.444 e. The summed E-state index contributed by atoms with van der Waals surface area (Å²) < 4.78 is 35.6. The molecule has 206 valence electrons. The summed E-state index contributed by atoms with van der Waals surface area (Å²) in [4.78, 5) is 26.5. The summed E-state index contributed by atoms with van der Waals surface area (Å²) in [5.41, 5.74) is 6.95. The normalized spacial score (nSPS) is 14.3. The van der Waals surface area contributed by atoms with Crippen LogP contribution < -0.4 is 11.1 Å². The van der Waals surface area contributed by atoms with Crippen molar-refractivity contribution in [1.82, 2.24) is 9.88 Å². The van der Waals surface area contributed by atoms with Crippen LogP contribution in [0.25, 0.3) is 5.70 Å². The quantitative estimate of drug-likeness (QED) is 0.316. The Bertz CT molecular complexity index is 1390. The molecule has 0 fully saturated rings. The molecule has 0 spiro atoms. The number of anilines is 1. The van der Waals surface area contributed by atoms with Crippen molar-refractivity contribution in [2.24, 2.45) is 15.7 Å². The molecule has 1 aromatic carbocycles. The first-order valence-corrected chi connectivity index (χ1v) is 12.3. The minimum absolute atomic E-state index is 0.00579. The van der Waals surface area contributed by atoms with E-state index >= 15 is 4.39 Å². The molecule has 0 unspecified atom stereocenters. The molecule has 0 saturated heterocycles.